The maximum Gasteiger partial charge on any atom is 0.130 e. The van der Waals surface area contributed by atoms with Crippen LogP contribution >= 0.6 is 0 Å². The van der Waals surface area contributed by atoms with E-state index in [2.05, 4.69) is 5.32 Å². The monoisotopic (exact) mass is 283 g/mol. The first kappa shape index (κ1) is 14.5. The lowest BCUT2D eigenvalue weighted by molar-refractivity contribution is 0.505. The van der Waals surface area contributed by atoms with Gasteiger partial charge in [0.15, 0.2) is 0 Å². The number of halogens is 4. The van der Waals surface area contributed by atoms with Gasteiger partial charge in [-0.15, -0.1) is 0 Å². The number of hydrogen-bond donors (Lipinski definition) is 1. The molecule has 2 aromatic rings. The van der Waals surface area contributed by atoms with Crippen molar-refractivity contribution in [2.45, 2.75) is 19.5 Å². The third kappa shape index (κ3) is 3.36. The minimum atomic E-state index is -0.663. The van der Waals surface area contributed by atoms with E-state index < -0.39 is 29.3 Å². The van der Waals surface area contributed by atoms with Crippen LogP contribution < -0.4 is 5.32 Å². The summed E-state index contributed by atoms with van der Waals surface area (Å²) >= 11 is 0. The van der Waals surface area contributed by atoms with Gasteiger partial charge >= 0.3 is 0 Å². The lowest BCUT2D eigenvalue weighted by atomic mass is 10.1. The molecule has 1 N–H and O–H groups in total. The van der Waals surface area contributed by atoms with Crippen molar-refractivity contribution in [3.8, 4) is 0 Å². The van der Waals surface area contributed by atoms with Crippen molar-refractivity contribution in [2.75, 3.05) is 0 Å². The van der Waals surface area contributed by atoms with Gasteiger partial charge in [0.1, 0.15) is 23.3 Å². The Hall–Kier alpha value is -1.88. The molecule has 0 saturated carbocycles. The number of hydrogen-bond acceptors (Lipinski definition) is 1. The van der Waals surface area contributed by atoms with Gasteiger partial charge in [0.05, 0.1) is 0 Å². The molecule has 0 aliphatic heterocycles. The molecule has 0 radical (unpaired) electrons. The fourth-order valence-corrected chi connectivity index (χ4v) is 1.89. The molecular weight excluding hydrogens is 270 g/mol. The van der Waals surface area contributed by atoms with Crippen molar-refractivity contribution in [1.82, 2.24) is 5.32 Å². The van der Waals surface area contributed by atoms with Crippen LogP contribution in [0.1, 0.15) is 24.1 Å². The fraction of sp³-hybridized carbons (Fsp3) is 0.200. The molecule has 0 aliphatic carbocycles. The summed E-state index contributed by atoms with van der Waals surface area (Å²) in [5, 5.41) is 2.91. The first-order valence-corrected chi connectivity index (χ1v) is 6.09. The highest BCUT2D eigenvalue weighted by Gasteiger charge is 2.12. The van der Waals surface area contributed by atoms with E-state index in [4.69, 9.17) is 0 Å². The SMILES string of the molecule is CC(NCc1ccc(F)cc1F)c1ccc(F)cc1F. The third-order valence-corrected chi connectivity index (χ3v) is 3.04. The Kier molecular flexibility index (Phi) is 4.39. The molecule has 0 amide bonds. The van der Waals surface area contributed by atoms with Crippen LogP contribution in [0.3, 0.4) is 0 Å². The summed E-state index contributed by atoms with van der Waals surface area (Å²) in [7, 11) is 0. The number of benzene rings is 2. The van der Waals surface area contributed by atoms with Gasteiger partial charge in [-0.25, -0.2) is 17.6 Å². The van der Waals surface area contributed by atoms with E-state index in [1.807, 2.05) is 0 Å². The zero-order chi connectivity index (χ0) is 14.7. The summed E-state index contributed by atoms with van der Waals surface area (Å²) < 4.78 is 52.6. The van der Waals surface area contributed by atoms with Gasteiger partial charge in [-0.1, -0.05) is 12.1 Å². The molecule has 2 aromatic carbocycles. The average Bonchev–Trinajstić information content (AvgIpc) is 2.37. The fourth-order valence-electron chi connectivity index (χ4n) is 1.89. The van der Waals surface area contributed by atoms with Crippen LogP contribution in [0, 0.1) is 23.3 Å². The van der Waals surface area contributed by atoms with Gasteiger partial charge in [-0.05, 0) is 19.1 Å². The predicted octanol–water partition coefficient (Wildman–Crippen LogP) is 4.09. The normalized spacial score (nSPS) is 12.4. The molecule has 0 aromatic heterocycles. The Labute approximate surface area is 114 Å². The molecule has 0 aliphatic rings. The van der Waals surface area contributed by atoms with Crippen LogP contribution in [0.2, 0.25) is 0 Å². The van der Waals surface area contributed by atoms with Crippen molar-refractivity contribution < 1.29 is 17.6 Å². The molecule has 5 heteroatoms. The van der Waals surface area contributed by atoms with E-state index in [1.165, 1.54) is 12.1 Å². The van der Waals surface area contributed by atoms with E-state index in [0.717, 1.165) is 24.3 Å². The van der Waals surface area contributed by atoms with Crippen molar-refractivity contribution in [3.05, 3.63) is 70.8 Å². The quantitative estimate of drug-likeness (QED) is 0.833. The van der Waals surface area contributed by atoms with Gasteiger partial charge in [-0.2, -0.15) is 0 Å². The first-order valence-electron chi connectivity index (χ1n) is 6.09. The highest BCUT2D eigenvalue weighted by Crippen LogP contribution is 2.18. The van der Waals surface area contributed by atoms with Crippen LogP contribution in [0.25, 0.3) is 0 Å². The third-order valence-electron chi connectivity index (χ3n) is 3.04. The lowest BCUT2D eigenvalue weighted by Gasteiger charge is -2.15. The zero-order valence-corrected chi connectivity index (χ0v) is 10.8. The lowest BCUT2D eigenvalue weighted by Crippen LogP contribution is -2.20. The standard InChI is InChI=1S/C15H13F4N/c1-9(13-5-4-12(17)7-15(13)19)20-8-10-2-3-11(16)6-14(10)18/h2-7,9,20H,8H2,1H3. The zero-order valence-electron chi connectivity index (χ0n) is 10.8. The number of nitrogens with one attached hydrogen (secondary N) is 1. The Bertz CT molecular complexity index is 613. The Morgan fingerprint density at radius 1 is 0.900 bits per heavy atom. The Morgan fingerprint density at radius 2 is 1.50 bits per heavy atom. The summed E-state index contributed by atoms with van der Waals surface area (Å²) in [5.74, 6) is -2.62. The molecule has 1 atom stereocenters. The van der Waals surface area contributed by atoms with Gasteiger partial charge in [0.25, 0.3) is 0 Å². The van der Waals surface area contributed by atoms with E-state index >= 15 is 0 Å². The van der Waals surface area contributed by atoms with Crippen LogP contribution in [0.4, 0.5) is 17.6 Å². The second-order valence-corrected chi connectivity index (χ2v) is 4.50. The Balaban J connectivity index is 2.06. The van der Waals surface area contributed by atoms with Crippen molar-refractivity contribution >= 4 is 0 Å². The average molecular weight is 283 g/mol. The Morgan fingerprint density at radius 3 is 2.10 bits per heavy atom. The number of rotatable bonds is 4. The topological polar surface area (TPSA) is 12.0 Å². The van der Waals surface area contributed by atoms with E-state index in [1.54, 1.807) is 6.92 Å². The van der Waals surface area contributed by atoms with E-state index in [9.17, 15) is 17.6 Å². The van der Waals surface area contributed by atoms with Gasteiger partial charge in [0.2, 0.25) is 0 Å². The molecular formula is C15H13F4N. The van der Waals surface area contributed by atoms with Crippen LogP contribution in [0.5, 0.6) is 0 Å². The largest absolute Gasteiger partial charge is 0.306 e. The summed E-state index contributed by atoms with van der Waals surface area (Å²) in [6.07, 6.45) is 0. The minimum Gasteiger partial charge on any atom is -0.306 e. The van der Waals surface area contributed by atoms with Crippen molar-refractivity contribution in [1.29, 1.82) is 0 Å². The molecule has 0 spiro atoms. The molecule has 0 heterocycles. The summed E-state index contributed by atoms with van der Waals surface area (Å²) in [4.78, 5) is 0. The molecule has 1 unspecified atom stereocenters. The summed E-state index contributed by atoms with van der Waals surface area (Å²) in [6, 6.07) is 6.14. The maximum absolute atomic E-state index is 13.6. The second kappa shape index (κ2) is 6.05. The van der Waals surface area contributed by atoms with E-state index in [0.29, 0.717) is 0 Å². The highest BCUT2D eigenvalue weighted by molar-refractivity contribution is 5.23. The van der Waals surface area contributed by atoms with Crippen molar-refractivity contribution in [3.63, 3.8) is 0 Å². The molecule has 2 rings (SSSR count). The molecule has 0 saturated heterocycles. The van der Waals surface area contributed by atoms with Crippen molar-refractivity contribution in [2.24, 2.45) is 0 Å². The summed E-state index contributed by atoms with van der Waals surface area (Å²) in [5.41, 5.74) is 0.565. The van der Waals surface area contributed by atoms with Crippen LogP contribution in [0.15, 0.2) is 36.4 Å². The van der Waals surface area contributed by atoms with Gasteiger partial charge in [0, 0.05) is 35.8 Å². The maximum atomic E-state index is 13.6. The minimum absolute atomic E-state index is 0.115. The predicted molar refractivity (Wildman–Crippen MR) is 68.0 cm³/mol. The summed E-state index contributed by atoms with van der Waals surface area (Å²) in [6.45, 7) is 1.79. The van der Waals surface area contributed by atoms with Crippen LogP contribution in [-0.4, -0.2) is 0 Å². The molecule has 106 valence electrons. The molecule has 0 bridgehead atoms. The molecule has 20 heavy (non-hydrogen) atoms. The van der Waals surface area contributed by atoms with E-state index in [-0.39, 0.29) is 17.7 Å². The molecule has 1 nitrogen and oxygen atoms in total. The van der Waals surface area contributed by atoms with Crippen LogP contribution in [-0.2, 0) is 6.54 Å². The smallest absolute Gasteiger partial charge is 0.130 e. The second-order valence-electron chi connectivity index (χ2n) is 4.50. The van der Waals surface area contributed by atoms with Gasteiger partial charge in [-0.3, -0.25) is 0 Å². The highest BCUT2D eigenvalue weighted by atomic mass is 19.1. The molecule has 0 fully saturated rings. The first-order chi connectivity index (χ1) is 9.47. The van der Waals surface area contributed by atoms with Gasteiger partial charge < -0.3 is 5.32 Å².